The molecule has 7 heteroatoms. The van der Waals surface area contributed by atoms with E-state index in [1.54, 1.807) is 18.2 Å². The minimum Gasteiger partial charge on any atom is -0.486 e. The second kappa shape index (κ2) is 5.82. The van der Waals surface area contributed by atoms with Crippen molar-refractivity contribution < 1.29 is 14.3 Å². The van der Waals surface area contributed by atoms with E-state index in [1.807, 2.05) is 0 Å². The summed E-state index contributed by atoms with van der Waals surface area (Å²) < 4.78 is 11.0. The first-order chi connectivity index (χ1) is 11.2. The van der Waals surface area contributed by atoms with Crippen molar-refractivity contribution in [2.45, 2.75) is 25.3 Å². The van der Waals surface area contributed by atoms with Crippen molar-refractivity contribution in [2.24, 2.45) is 5.73 Å². The molecule has 1 aromatic carbocycles. The summed E-state index contributed by atoms with van der Waals surface area (Å²) in [7, 11) is 0. The molecule has 3 N–H and O–H groups in total. The molecule has 2 aliphatic rings. The third-order valence-electron chi connectivity index (χ3n) is 4.00. The molecule has 2 heterocycles. The average Bonchev–Trinajstić information content (AvgIpc) is 2.95. The van der Waals surface area contributed by atoms with Gasteiger partial charge in [-0.2, -0.15) is 0 Å². The maximum atomic E-state index is 12.4. The van der Waals surface area contributed by atoms with E-state index in [0.717, 1.165) is 25.0 Å². The van der Waals surface area contributed by atoms with Gasteiger partial charge >= 0.3 is 0 Å². The van der Waals surface area contributed by atoms with Crippen LogP contribution >= 0.6 is 11.3 Å². The van der Waals surface area contributed by atoms with Crippen LogP contribution in [-0.2, 0) is 12.8 Å². The number of fused-ring (bicyclic) bond motifs is 2. The summed E-state index contributed by atoms with van der Waals surface area (Å²) in [5, 5.41) is 3.50. The molecule has 1 atom stereocenters. The third kappa shape index (κ3) is 2.89. The molecule has 0 unspecified atom stereocenters. The molecule has 6 nitrogen and oxygen atoms in total. The second-order valence-electron chi connectivity index (χ2n) is 5.70. The van der Waals surface area contributed by atoms with Gasteiger partial charge in [-0.05, 0) is 37.5 Å². The normalized spacial score (nSPS) is 19.1. The fourth-order valence-corrected chi connectivity index (χ4v) is 3.90. The van der Waals surface area contributed by atoms with E-state index in [2.05, 4.69) is 10.3 Å². The van der Waals surface area contributed by atoms with Crippen LogP contribution in [0.15, 0.2) is 18.2 Å². The van der Waals surface area contributed by atoms with Crippen LogP contribution in [-0.4, -0.2) is 30.1 Å². The van der Waals surface area contributed by atoms with Gasteiger partial charge < -0.3 is 15.2 Å². The predicted octanol–water partition coefficient (Wildman–Crippen LogP) is 1.98. The highest BCUT2D eigenvalue weighted by atomic mass is 32.1. The first-order valence-electron chi connectivity index (χ1n) is 7.64. The van der Waals surface area contributed by atoms with Crippen LogP contribution in [0.5, 0.6) is 11.5 Å². The topological polar surface area (TPSA) is 86.5 Å². The van der Waals surface area contributed by atoms with Crippen molar-refractivity contribution >= 4 is 22.4 Å². The number of nitrogens with one attached hydrogen (secondary N) is 1. The SMILES string of the molecule is N[C@H]1CCc2nc(NC(=O)c3ccc4c(c3)OCCO4)sc2C1. The standard InChI is InChI=1S/C16H17N3O3S/c17-10-2-3-11-14(8-10)23-16(18-11)19-15(20)9-1-4-12-13(7-9)22-6-5-21-12/h1,4,7,10H,2-3,5-6,8,17H2,(H,18,19,20)/t10-/m0/s1. The highest BCUT2D eigenvalue weighted by molar-refractivity contribution is 7.15. The monoisotopic (exact) mass is 331 g/mol. The van der Waals surface area contributed by atoms with Gasteiger partial charge in [0.2, 0.25) is 0 Å². The van der Waals surface area contributed by atoms with E-state index < -0.39 is 0 Å². The zero-order valence-corrected chi connectivity index (χ0v) is 13.3. The molecule has 0 fully saturated rings. The summed E-state index contributed by atoms with van der Waals surface area (Å²) >= 11 is 1.51. The molecule has 0 spiro atoms. The number of amides is 1. The summed E-state index contributed by atoms with van der Waals surface area (Å²) in [6, 6.07) is 5.39. The maximum Gasteiger partial charge on any atom is 0.257 e. The number of anilines is 1. The number of hydrogen-bond donors (Lipinski definition) is 2. The number of thiazole rings is 1. The van der Waals surface area contributed by atoms with Gasteiger partial charge in [-0.3, -0.25) is 10.1 Å². The molecule has 0 radical (unpaired) electrons. The van der Waals surface area contributed by atoms with Gasteiger partial charge in [0.1, 0.15) is 13.2 Å². The molecule has 0 saturated carbocycles. The van der Waals surface area contributed by atoms with Crippen LogP contribution in [0.2, 0.25) is 0 Å². The highest BCUT2D eigenvalue weighted by Crippen LogP contribution is 2.32. The Kier molecular flexibility index (Phi) is 3.66. The Hall–Kier alpha value is -2.12. The number of carbonyl (C=O) groups is 1. The summed E-state index contributed by atoms with van der Waals surface area (Å²) in [4.78, 5) is 18.1. The highest BCUT2D eigenvalue weighted by Gasteiger charge is 2.21. The largest absolute Gasteiger partial charge is 0.486 e. The number of benzene rings is 1. The summed E-state index contributed by atoms with van der Waals surface area (Å²) in [6.45, 7) is 1.03. The number of nitrogens with two attached hydrogens (primary N) is 1. The zero-order valence-electron chi connectivity index (χ0n) is 12.5. The van der Waals surface area contributed by atoms with E-state index in [9.17, 15) is 4.79 Å². The Morgan fingerprint density at radius 2 is 2.13 bits per heavy atom. The molecule has 2 aromatic rings. The first-order valence-corrected chi connectivity index (χ1v) is 8.46. The molecule has 1 aromatic heterocycles. The van der Waals surface area contributed by atoms with Crippen LogP contribution in [0.3, 0.4) is 0 Å². The number of nitrogens with zero attached hydrogens (tertiary/aromatic N) is 1. The van der Waals surface area contributed by atoms with Gasteiger partial charge in [0.05, 0.1) is 5.69 Å². The Morgan fingerprint density at radius 3 is 3.00 bits per heavy atom. The van der Waals surface area contributed by atoms with E-state index in [-0.39, 0.29) is 11.9 Å². The number of aromatic nitrogens is 1. The van der Waals surface area contributed by atoms with E-state index >= 15 is 0 Å². The van der Waals surface area contributed by atoms with Crippen LogP contribution in [0, 0.1) is 0 Å². The van der Waals surface area contributed by atoms with Crippen LogP contribution in [0.4, 0.5) is 5.13 Å². The lowest BCUT2D eigenvalue weighted by Crippen LogP contribution is -2.27. The average molecular weight is 331 g/mol. The Morgan fingerprint density at radius 1 is 1.30 bits per heavy atom. The van der Waals surface area contributed by atoms with Gasteiger partial charge in [0.25, 0.3) is 5.91 Å². The van der Waals surface area contributed by atoms with Gasteiger partial charge in [-0.15, -0.1) is 11.3 Å². The van der Waals surface area contributed by atoms with Gasteiger partial charge in [0, 0.05) is 16.5 Å². The molecule has 120 valence electrons. The van der Waals surface area contributed by atoms with Gasteiger partial charge in [0.15, 0.2) is 16.6 Å². The van der Waals surface area contributed by atoms with Crippen LogP contribution in [0.1, 0.15) is 27.3 Å². The number of aryl methyl sites for hydroxylation is 1. The molecule has 0 bridgehead atoms. The summed E-state index contributed by atoms with van der Waals surface area (Å²) in [5.74, 6) is 1.08. The van der Waals surface area contributed by atoms with E-state index in [0.29, 0.717) is 35.4 Å². The smallest absolute Gasteiger partial charge is 0.257 e. The second-order valence-corrected chi connectivity index (χ2v) is 6.79. The molecule has 1 aliphatic carbocycles. The number of rotatable bonds is 2. The minimum absolute atomic E-state index is 0.197. The number of ether oxygens (including phenoxy) is 2. The van der Waals surface area contributed by atoms with Crippen molar-refractivity contribution in [2.75, 3.05) is 18.5 Å². The molecular formula is C16H17N3O3S. The maximum absolute atomic E-state index is 12.4. The molecule has 0 saturated heterocycles. The van der Waals surface area contributed by atoms with Gasteiger partial charge in [-0.25, -0.2) is 4.98 Å². The van der Waals surface area contributed by atoms with Crippen molar-refractivity contribution in [3.05, 3.63) is 34.3 Å². The Bertz CT molecular complexity index is 759. The zero-order chi connectivity index (χ0) is 15.8. The van der Waals surface area contributed by atoms with E-state index in [4.69, 9.17) is 15.2 Å². The predicted molar refractivity (Wildman–Crippen MR) is 87.5 cm³/mol. The van der Waals surface area contributed by atoms with Crippen LogP contribution < -0.4 is 20.5 Å². The lowest BCUT2D eigenvalue weighted by atomic mass is 9.99. The lowest BCUT2D eigenvalue weighted by molar-refractivity contribution is 0.102. The summed E-state index contributed by atoms with van der Waals surface area (Å²) in [5.41, 5.74) is 7.57. The quantitative estimate of drug-likeness (QED) is 0.879. The lowest BCUT2D eigenvalue weighted by Gasteiger charge is -2.18. The third-order valence-corrected chi connectivity index (χ3v) is 5.04. The number of carbonyl (C=O) groups excluding carboxylic acids is 1. The van der Waals surface area contributed by atoms with Crippen molar-refractivity contribution in [3.8, 4) is 11.5 Å². The van der Waals surface area contributed by atoms with Crippen molar-refractivity contribution in [1.29, 1.82) is 0 Å². The molecule has 23 heavy (non-hydrogen) atoms. The summed E-state index contributed by atoms with van der Waals surface area (Å²) in [6.07, 6.45) is 2.67. The van der Waals surface area contributed by atoms with E-state index in [1.165, 1.54) is 16.2 Å². The minimum atomic E-state index is -0.197. The van der Waals surface area contributed by atoms with Crippen molar-refractivity contribution in [3.63, 3.8) is 0 Å². The van der Waals surface area contributed by atoms with Gasteiger partial charge in [-0.1, -0.05) is 0 Å². The molecular weight excluding hydrogens is 314 g/mol. The Labute approximate surface area is 137 Å². The molecule has 1 aliphatic heterocycles. The fourth-order valence-electron chi connectivity index (χ4n) is 2.81. The number of hydrogen-bond acceptors (Lipinski definition) is 6. The Balaban J connectivity index is 1.52. The first kappa shape index (κ1) is 14.5. The van der Waals surface area contributed by atoms with Crippen molar-refractivity contribution in [1.82, 2.24) is 4.98 Å². The molecule has 4 rings (SSSR count). The van der Waals surface area contributed by atoms with Crippen LogP contribution in [0.25, 0.3) is 0 Å². The fraction of sp³-hybridized carbons (Fsp3) is 0.375. The molecule has 1 amide bonds.